The minimum absolute atomic E-state index is 0.00878. The van der Waals surface area contributed by atoms with Gasteiger partial charge in [-0.2, -0.15) is 0 Å². The van der Waals surface area contributed by atoms with E-state index in [2.05, 4.69) is 10.9 Å². The molecular formula is C15H20N2O5S. The molecule has 1 unspecified atom stereocenters. The Balaban J connectivity index is 1.76. The van der Waals surface area contributed by atoms with E-state index >= 15 is 0 Å². The van der Waals surface area contributed by atoms with Crippen LogP contribution < -0.4 is 15.6 Å². The average Bonchev–Trinajstić information content (AvgIpc) is 2.82. The summed E-state index contributed by atoms with van der Waals surface area (Å²) in [5.74, 6) is -1.21. The molecule has 0 aliphatic carbocycles. The second-order valence-electron chi connectivity index (χ2n) is 5.75. The van der Waals surface area contributed by atoms with Crippen LogP contribution in [0.1, 0.15) is 17.5 Å². The van der Waals surface area contributed by atoms with Crippen molar-refractivity contribution < 1.29 is 22.7 Å². The highest BCUT2D eigenvalue weighted by Gasteiger charge is 2.33. The van der Waals surface area contributed by atoms with Crippen molar-refractivity contribution in [3.8, 4) is 5.75 Å². The van der Waals surface area contributed by atoms with Gasteiger partial charge in [0.05, 0.1) is 17.4 Å². The van der Waals surface area contributed by atoms with E-state index in [0.717, 1.165) is 11.1 Å². The molecule has 1 heterocycles. The van der Waals surface area contributed by atoms with Crippen LogP contribution in [0.15, 0.2) is 18.2 Å². The van der Waals surface area contributed by atoms with Gasteiger partial charge in [0.25, 0.3) is 5.91 Å². The number of rotatable bonds is 4. The summed E-state index contributed by atoms with van der Waals surface area (Å²) in [5.41, 5.74) is 6.51. The van der Waals surface area contributed by atoms with Gasteiger partial charge in [0.2, 0.25) is 5.91 Å². The van der Waals surface area contributed by atoms with Crippen LogP contribution in [0, 0.1) is 19.8 Å². The van der Waals surface area contributed by atoms with E-state index in [0.29, 0.717) is 5.75 Å². The Morgan fingerprint density at radius 1 is 1.17 bits per heavy atom. The SMILES string of the molecule is Cc1cc(C)cc(OCC(=O)NNC(=O)C2CCS(=O)(=O)C2)c1. The smallest absolute Gasteiger partial charge is 0.276 e. The molecule has 1 saturated heterocycles. The number of sulfone groups is 1. The minimum atomic E-state index is -3.13. The Hall–Kier alpha value is -2.09. The summed E-state index contributed by atoms with van der Waals surface area (Å²) in [4.78, 5) is 23.4. The number of nitrogens with one attached hydrogen (secondary N) is 2. The average molecular weight is 340 g/mol. The van der Waals surface area contributed by atoms with Crippen LogP contribution in [-0.2, 0) is 19.4 Å². The number of aryl methyl sites for hydroxylation is 2. The lowest BCUT2D eigenvalue weighted by Gasteiger charge is -2.12. The van der Waals surface area contributed by atoms with E-state index in [-0.39, 0.29) is 24.5 Å². The van der Waals surface area contributed by atoms with E-state index < -0.39 is 27.6 Å². The molecule has 7 nitrogen and oxygen atoms in total. The summed E-state index contributed by atoms with van der Waals surface area (Å²) in [6, 6.07) is 5.60. The summed E-state index contributed by atoms with van der Waals surface area (Å²) < 4.78 is 28.0. The molecule has 2 N–H and O–H groups in total. The number of hydrogen-bond donors (Lipinski definition) is 2. The van der Waals surface area contributed by atoms with Gasteiger partial charge in [-0.1, -0.05) is 6.07 Å². The predicted octanol–water partition coefficient (Wildman–Crippen LogP) is 0.264. The van der Waals surface area contributed by atoms with Crippen molar-refractivity contribution in [2.45, 2.75) is 20.3 Å². The normalized spacial score (nSPS) is 19.1. The molecule has 1 aromatic carbocycles. The number of hydrazine groups is 1. The van der Waals surface area contributed by atoms with Crippen molar-refractivity contribution in [3.63, 3.8) is 0 Å². The molecule has 1 aliphatic rings. The van der Waals surface area contributed by atoms with Gasteiger partial charge in [0.15, 0.2) is 16.4 Å². The number of hydrogen-bond acceptors (Lipinski definition) is 5. The van der Waals surface area contributed by atoms with Gasteiger partial charge in [-0.05, 0) is 43.5 Å². The van der Waals surface area contributed by atoms with Gasteiger partial charge in [-0.3, -0.25) is 20.4 Å². The van der Waals surface area contributed by atoms with Gasteiger partial charge in [0, 0.05) is 0 Å². The first-order valence-corrected chi connectivity index (χ1v) is 9.07. The molecule has 1 fully saturated rings. The zero-order chi connectivity index (χ0) is 17.0. The standard InChI is InChI=1S/C15H20N2O5S/c1-10-5-11(2)7-13(6-10)22-8-14(18)16-17-15(19)12-3-4-23(20,21)9-12/h5-7,12H,3-4,8-9H2,1-2H3,(H,16,18)(H,17,19). The zero-order valence-corrected chi connectivity index (χ0v) is 13.9. The van der Waals surface area contributed by atoms with Crippen molar-refractivity contribution in [1.82, 2.24) is 10.9 Å². The number of amides is 2. The van der Waals surface area contributed by atoms with Crippen molar-refractivity contribution in [2.24, 2.45) is 5.92 Å². The molecule has 0 bridgehead atoms. The maximum Gasteiger partial charge on any atom is 0.276 e. The van der Waals surface area contributed by atoms with Crippen molar-refractivity contribution in [3.05, 3.63) is 29.3 Å². The molecule has 0 spiro atoms. The molecule has 1 atom stereocenters. The lowest BCUT2D eigenvalue weighted by molar-refractivity contribution is -0.131. The molecule has 126 valence electrons. The van der Waals surface area contributed by atoms with Crippen molar-refractivity contribution in [2.75, 3.05) is 18.1 Å². The van der Waals surface area contributed by atoms with Crippen molar-refractivity contribution in [1.29, 1.82) is 0 Å². The molecule has 2 amide bonds. The fourth-order valence-corrected chi connectivity index (χ4v) is 4.18. The van der Waals surface area contributed by atoms with Gasteiger partial charge < -0.3 is 4.74 Å². The molecule has 1 aliphatic heterocycles. The van der Waals surface area contributed by atoms with Gasteiger partial charge in [0.1, 0.15) is 5.75 Å². The van der Waals surface area contributed by atoms with Crippen LogP contribution in [0.3, 0.4) is 0 Å². The highest BCUT2D eigenvalue weighted by atomic mass is 32.2. The second kappa shape index (κ2) is 6.99. The molecule has 23 heavy (non-hydrogen) atoms. The number of carbonyl (C=O) groups is 2. The van der Waals surface area contributed by atoms with E-state index in [1.165, 1.54) is 0 Å². The Bertz CT molecular complexity index is 694. The van der Waals surface area contributed by atoms with Crippen LogP contribution in [0.5, 0.6) is 5.75 Å². The number of carbonyl (C=O) groups excluding carboxylic acids is 2. The Labute approximate surface area is 135 Å². The van der Waals surface area contributed by atoms with E-state index in [1.54, 1.807) is 0 Å². The molecule has 0 aromatic heterocycles. The minimum Gasteiger partial charge on any atom is -0.484 e. The van der Waals surface area contributed by atoms with E-state index in [1.807, 2.05) is 32.0 Å². The van der Waals surface area contributed by atoms with Crippen LogP contribution >= 0.6 is 0 Å². The molecular weight excluding hydrogens is 320 g/mol. The van der Waals surface area contributed by atoms with Gasteiger partial charge >= 0.3 is 0 Å². The van der Waals surface area contributed by atoms with E-state index in [9.17, 15) is 18.0 Å². The molecule has 8 heteroatoms. The number of benzene rings is 1. The lowest BCUT2D eigenvalue weighted by Crippen LogP contribution is -2.46. The van der Waals surface area contributed by atoms with Crippen LogP contribution in [0.4, 0.5) is 0 Å². The first-order chi connectivity index (χ1) is 10.7. The third kappa shape index (κ3) is 5.24. The summed E-state index contributed by atoms with van der Waals surface area (Å²) in [7, 11) is -3.13. The molecule has 0 radical (unpaired) electrons. The fourth-order valence-electron chi connectivity index (χ4n) is 2.44. The Kier molecular flexibility index (Phi) is 5.25. The van der Waals surface area contributed by atoms with Crippen LogP contribution in [0.25, 0.3) is 0 Å². The highest BCUT2D eigenvalue weighted by molar-refractivity contribution is 7.91. The largest absolute Gasteiger partial charge is 0.484 e. The molecule has 1 aromatic rings. The number of ether oxygens (including phenoxy) is 1. The van der Waals surface area contributed by atoms with Gasteiger partial charge in [-0.25, -0.2) is 8.42 Å². The monoisotopic (exact) mass is 340 g/mol. The Morgan fingerprint density at radius 3 is 2.39 bits per heavy atom. The lowest BCUT2D eigenvalue weighted by atomic mass is 10.1. The molecule has 2 rings (SSSR count). The molecule has 0 saturated carbocycles. The summed E-state index contributed by atoms with van der Waals surface area (Å²) in [5, 5.41) is 0. The Morgan fingerprint density at radius 2 is 1.83 bits per heavy atom. The summed E-state index contributed by atoms with van der Waals surface area (Å²) >= 11 is 0. The zero-order valence-electron chi connectivity index (χ0n) is 13.1. The maximum atomic E-state index is 11.8. The summed E-state index contributed by atoms with van der Waals surface area (Å²) in [6.45, 7) is 3.61. The second-order valence-corrected chi connectivity index (χ2v) is 7.98. The fraction of sp³-hybridized carbons (Fsp3) is 0.467. The third-order valence-electron chi connectivity index (χ3n) is 3.49. The maximum absolute atomic E-state index is 11.8. The third-order valence-corrected chi connectivity index (χ3v) is 5.26. The van der Waals surface area contributed by atoms with Crippen LogP contribution in [0.2, 0.25) is 0 Å². The van der Waals surface area contributed by atoms with Crippen LogP contribution in [-0.4, -0.2) is 38.3 Å². The topological polar surface area (TPSA) is 102 Å². The van der Waals surface area contributed by atoms with Crippen molar-refractivity contribution >= 4 is 21.7 Å². The highest BCUT2D eigenvalue weighted by Crippen LogP contribution is 2.18. The summed E-state index contributed by atoms with van der Waals surface area (Å²) in [6.07, 6.45) is 0.281. The first kappa shape index (κ1) is 17.3. The van der Waals surface area contributed by atoms with E-state index in [4.69, 9.17) is 4.74 Å². The van der Waals surface area contributed by atoms with Gasteiger partial charge in [-0.15, -0.1) is 0 Å². The first-order valence-electron chi connectivity index (χ1n) is 7.25. The quantitative estimate of drug-likeness (QED) is 0.766. The predicted molar refractivity (Wildman–Crippen MR) is 84.5 cm³/mol.